The fourth-order valence-electron chi connectivity index (χ4n) is 2.11. The molecule has 1 aliphatic rings. The van der Waals surface area contributed by atoms with E-state index in [4.69, 9.17) is 0 Å². The van der Waals surface area contributed by atoms with Crippen LogP contribution in [0.25, 0.3) is 0 Å². The molecule has 0 unspecified atom stereocenters. The van der Waals surface area contributed by atoms with E-state index >= 15 is 0 Å². The molecular formula is C14H20N4O. The van der Waals surface area contributed by atoms with Crippen LogP contribution in [0.5, 0.6) is 0 Å². The highest BCUT2D eigenvalue weighted by molar-refractivity contribution is 5.95. The Bertz CT molecular complexity index is 496. The fraction of sp³-hybridized carbons (Fsp3) is 0.500. The lowest BCUT2D eigenvalue weighted by atomic mass is 10.1. The summed E-state index contributed by atoms with van der Waals surface area (Å²) in [4.78, 5) is 12.0. The Kier molecular flexibility index (Phi) is 4.63. The van der Waals surface area contributed by atoms with E-state index in [-0.39, 0.29) is 5.91 Å². The van der Waals surface area contributed by atoms with Gasteiger partial charge >= 0.3 is 0 Å². The van der Waals surface area contributed by atoms with Gasteiger partial charge in [0.05, 0.1) is 17.0 Å². The van der Waals surface area contributed by atoms with Crippen LogP contribution in [-0.4, -0.2) is 35.7 Å². The van der Waals surface area contributed by atoms with Crippen LogP contribution in [-0.2, 0) is 0 Å². The smallest absolute Gasteiger partial charge is 0.253 e. The number of carbonyl (C=O) groups is 1. The Morgan fingerprint density at radius 3 is 3.00 bits per heavy atom. The minimum atomic E-state index is -0.0648. The van der Waals surface area contributed by atoms with Gasteiger partial charge in [0.15, 0.2) is 0 Å². The average Bonchev–Trinajstić information content (AvgIpc) is 2.42. The van der Waals surface area contributed by atoms with E-state index in [2.05, 4.69) is 26.9 Å². The predicted molar refractivity (Wildman–Crippen MR) is 74.0 cm³/mol. The molecule has 102 valence electrons. The number of nitrogens with one attached hydrogen (secondary N) is 2. The lowest BCUT2D eigenvalue weighted by molar-refractivity contribution is 0.0952. The van der Waals surface area contributed by atoms with E-state index in [1.54, 1.807) is 13.0 Å². The van der Waals surface area contributed by atoms with Crippen molar-refractivity contribution in [3.63, 3.8) is 0 Å². The number of aromatic nitrogens is 2. The number of hydrogen-bond donors (Lipinski definition) is 2. The Balaban J connectivity index is 1.87. The summed E-state index contributed by atoms with van der Waals surface area (Å²) in [6, 6.07) is 1.78. The van der Waals surface area contributed by atoms with Gasteiger partial charge in [-0.2, -0.15) is 10.2 Å². The van der Waals surface area contributed by atoms with Crippen molar-refractivity contribution in [3.05, 3.63) is 34.7 Å². The van der Waals surface area contributed by atoms with Gasteiger partial charge in [0.25, 0.3) is 5.91 Å². The monoisotopic (exact) mass is 260 g/mol. The molecule has 2 N–H and O–H groups in total. The topological polar surface area (TPSA) is 66.9 Å². The quantitative estimate of drug-likeness (QED) is 0.797. The molecule has 2 heterocycles. The Labute approximate surface area is 113 Å². The molecular weight excluding hydrogens is 240 g/mol. The van der Waals surface area contributed by atoms with E-state index < -0.39 is 0 Å². The number of rotatable bonds is 4. The third kappa shape index (κ3) is 3.86. The van der Waals surface area contributed by atoms with E-state index in [9.17, 15) is 4.79 Å². The van der Waals surface area contributed by atoms with Gasteiger partial charge in [-0.05, 0) is 39.3 Å². The maximum Gasteiger partial charge on any atom is 0.253 e. The molecule has 1 amide bonds. The zero-order valence-corrected chi connectivity index (χ0v) is 11.5. The molecule has 0 saturated heterocycles. The molecule has 0 saturated carbocycles. The highest BCUT2D eigenvalue weighted by Crippen LogP contribution is 2.09. The first kappa shape index (κ1) is 13.7. The lowest BCUT2D eigenvalue weighted by Crippen LogP contribution is -2.27. The highest BCUT2D eigenvalue weighted by atomic mass is 16.1. The SMILES string of the molecule is Cc1cc(C(=O)NCCC2=CCNCC2)c(C)nn1. The zero-order chi connectivity index (χ0) is 13.7. The maximum atomic E-state index is 12.0. The van der Waals surface area contributed by atoms with Gasteiger partial charge in [0.1, 0.15) is 0 Å². The van der Waals surface area contributed by atoms with Crippen molar-refractivity contribution in [2.75, 3.05) is 19.6 Å². The van der Waals surface area contributed by atoms with Gasteiger partial charge in [-0.3, -0.25) is 4.79 Å². The van der Waals surface area contributed by atoms with Crippen molar-refractivity contribution in [2.24, 2.45) is 0 Å². The molecule has 2 rings (SSSR count). The molecule has 0 bridgehead atoms. The number of amides is 1. The molecule has 0 aliphatic carbocycles. The first-order chi connectivity index (χ1) is 9.16. The van der Waals surface area contributed by atoms with E-state index in [1.165, 1.54) is 5.57 Å². The van der Waals surface area contributed by atoms with Gasteiger partial charge in [-0.15, -0.1) is 0 Å². The average molecular weight is 260 g/mol. The second-order valence-electron chi connectivity index (χ2n) is 4.81. The van der Waals surface area contributed by atoms with Crippen molar-refractivity contribution in [1.29, 1.82) is 0 Å². The first-order valence-corrected chi connectivity index (χ1v) is 6.64. The fourth-order valence-corrected chi connectivity index (χ4v) is 2.11. The van der Waals surface area contributed by atoms with Gasteiger partial charge in [-0.1, -0.05) is 11.6 Å². The molecule has 0 radical (unpaired) electrons. The normalized spacial score (nSPS) is 14.9. The summed E-state index contributed by atoms with van der Waals surface area (Å²) in [5.74, 6) is -0.0648. The Hall–Kier alpha value is -1.75. The molecule has 1 aliphatic heterocycles. The van der Waals surface area contributed by atoms with Gasteiger partial charge < -0.3 is 10.6 Å². The largest absolute Gasteiger partial charge is 0.352 e. The molecule has 0 fully saturated rings. The molecule has 5 nitrogen and oxygen atoms in total. The Morgan fingerprint density at radius 1 is 1.42 bits per heavy atom. The Morgan fingerprint density at radius 2 is 2.26 bits per heavy atom. The standard InChI is InChI=1S/C14H20N4O/c1-10-9-13(11(2)18-17-10)14(19)16-8-5-12-3-6-15-7-4-12/h3,9,15H,4-8H2,1-2H3,(H,16,19). The number of hydrogen-bond acceptors (Lipinski definition) is 4. The van der Waals surface area contributed by atoms with E-state index in [1.807, 2.05) is 6.92 Å². The lowest BCUT2D eigenvalue weighted by Gasteiger charge is -2.14. The molecule has 0 aromatic carbocycles. The minimum Gasteiger partial charge on any atom is -0.352 e. The van der Waals surface area contributed by atoms with E-state index in [0.29, 0.717) is 17.8 Å². The van der Waals surface area contributed by atoms with Crippen LogP contribution in [0, 0.1) is 13.8 Å². The highest BCUT2D eigenvalue weighted by Gasteiger charge is 2.11. The summed E-state index contributed by atoms with van der Waals surface area (Å²) >= 11 is 0. The number of carbonyl (C=O) groups excluding carboxylic acids is 1. The van der Waals surface area contributed by atoms with Crippen LogP contribution in [0.4, 0.5) is 0 Å². The number of nitrogens with zero attached hydrogens (tertiary/aromatic N) is 2. The molecule has 19 heavy (non-hydrogen) atoms. The van der Waals surface area contributed by atoms with Crippen LogP contribution in [0.3, 0.4) is 0 Å². The summed E-state index contributed by atoms with van der Waals surface area (Å²) in [5.41, 5.74) is 3.47. The van der Waals surface area contributed by atoms with Crippen LogP contribution < -0.4 is 10.6 Å². The van der Waals surface area contributed by atoms with Crippen molar-refractivity contribution < 1.29 is 4.79 Å². The van der Waals surface area contributed by atoms with Crippen LogP contribution in [0.15, 0.2) is 17.7 Å². The van der Waals surface area contributed by atoms with Gasteiger partial charge in [0.2, 0.25) is 0 Å². The predicted octanol–water partition coefficient (Wildman–Crippen LogP) is 1.13. The third-order valence-electron chi connectivity index (χ3n) is 3.24. The summed E-state index contributed by atoms with van der Waals surface area (Å²) in [5, 5.41) is 14.1. The second-order valence-corrected chi connectivity index (χ2v) is 4.81. The second kappa shape index (κ2) is 6.43. The summed E-state index contributed by atoms with van der Waals surface area (Å²) in [6.07, 6.45) is 4.20. The van der Waals surface area contributed by atoms with Crippen molar-refractivity contribution in [3.8, 4) is 0 Å². The number of aryl methyl sites for hydroxylation is 2. The van der Waals surface area contributed by atoms with Crippen molar-refractivity contribution >= 4 is 5.91 Å². The molecule has 0 atom stereocenters. The van der Waals surface area contributed by atoms with Crippen LogP contribution in [0.1, 0.15) is 34.6 Å². The molecule has 1 aromatic heterocycles. The third-order valence-corrected chi connectivity index (χ3v) is 3.24. The first-order valence-electron chi connectivity index (χ1n) is 6.64. The minimum absolute atomic E-state index is 0.0648. The van der Waals surface area contributed by atoms with Gasteiger partial charge in [-0.25, -0.2) is 0 Å². The zero-order valence-electron chi connectivity index (χ0n) is 11.5. The molecule has 0 spiro atoms. The summed E-state index contributed by atoms with van der Waals surface area (Å²) in [6.45, 7) is 6.29. The summed E-state index contributed by atoms with van der Waals surface area (Å²) < 4.78 is 0. The summed E-state index contributed by atoms with van der Waals surface area (Å²) in [7, 11) is 0. The van der Waals surface area contributed by atoms with Crippen LogP contribution >= 0.6 is 0 Å². The van der Waals surface area contributed by atoms with Gasteiger partial charge in [0, 0.05) is 13.1 Å². The molecule has 5 heteroatoms. The van der Waals surface area contributed by atoms with E-state index in [0.717, 1.165) is 31.6 Å². The molecule has 1 aromatic rings. The van der Waals surface area contributed by atoms with Crippen LogP contribution in [0.2, 0.25) is 0 Å². The van der Waals surface area contributed by atoms with Crippen molar-refractivity contribution in [2.45, 2.75) is 26.7 Å². The van der Waals surface area contributed by atoms with Crippen molar-refractivity contribution in [1.82, 2.24) is 20.8 Å². The maximum absolute atomic E-state index is 12.0.